The molecule has 0 aliphatic carbocycles. The number of para-hydroxylation sites is 1. The lowest BCUT2D eigenvalue weighted by molar-refractivity contribution is -0.118. The third kappa shape index (κ3) is 4.62. The van der Waals surface area contributed by atoms with Gasteiger partial charge in [-0.3, -0.25) is 9.36 Å². The summed E-state index contributed by atoms with van der Waals surface area (Å²) in [5.41, 5.74) is 6.19. The molecule has 2 aliphatic rings. The first-order chi connectivity index (χ1) is 17.5. The summed E-state index contributed by atoms with van der Waals surface area (Å²) in [7, 11) is 1.46. The van der Waals surface area contributed by atoms with Gasteiger partial charge in [0.1, 0.15) is 11.3 Å². The molecule has 5 rings (SSSR count). The molecule has 1 unspecified atom stereocenters. The lowest BCUT2D eigenvalue weighted by Gasteiger charge is -2.36. The van der Waals surface area contributed by atoms with Gasteiger partial charge in [-0.25, -0.2) is 13.8 Å². The molecule has 2 saturated heterocycles. The van der Waals surface area contributed by atoms with Crippen molar-refractivity contribution < 1.29 is 23.0 Å². The van der Waals surface area contributed by atoms with Crippen LogP contribution in [0, 0.1) is 0 Å². The first-order valence-electron chi connectivity index (χ1n) is 11.9. The van der Waals surface area contributed by atoms with E-state index in [0.29, 0.717) is 56.0 Å². The van der Waals surface area contributed by atoms with Gasteiger partial charge in [-0.2, -0.15) is 15.0 Å². The number of halogens is 2. The number of morpholine rings is 1. The van der Waals surface area contributed by atoms with Gasteiger partial charge >= 0.3 is 0 Å². The number of benzene rings is 1. The monoisotopic (exact) mass is 502 g/mol. The van der Waals surface area contributed by atoms with Crippen LogP contribution in [-0.4, -0.2) is 76.4 Å². The molecule has 1 aromatic carbocycles. The minimum absolute atomic E-state index is 0.0240. The standard InChI is InChI=1S/C23H28F2N8O3/c1-35-16-7-4-6-15-18(16)27-20(19(24)25)33(15)23-29-21(31-9-11-36-12-10-31)28-22(30-23)32-8-3-2-5-14(32)13-17(26)34/h4,6-7,14,19H,2-3,5,8-13H2,1H3,(H2,26,34). The van der Waals surface area contributed by atoms with E-state index in [9.17, 15) is 13.6 Å². The van der Waals surface area contributed by atoms with Crippen LogP contribution in [0.3, 0.4) is 0 Å². The Morgan fingerprint density at radius 2 is 1.86 bits per heavy atom. The van der Waals surface area contributed by atoms with Gasteiger partial charge in [-0.1, -0.05) is 6.07 Å². The summed E-state index contributed by atoms with van der Waals surface area (Å²) in [6, 6.07) is 4.85. The van der Waals surface area contributed by atoms with Gasteiger partial charge in [-0.15, -0.1) is 0 Å². The van der Waals surface area contributed by atoms with Gasteiger partial charge in [-0.05, 0) is 31.4 Å². The van der Waals surface area contributed by atoms with E-state index in [2.05, 4.69) is 15.0 Å². The zero-order valence-corrected chi connectivity index (χ0v) is 19.9. The number of aromatic nitrogens is 5. The van der Waals surface area contributed by atoms with Crippen LogP contribution in [0.2, 0.25) is 0 Å². The Morgan fingerprint density at radius 3 is 2.58 bits per heavy atom. The van der Waals surface area contributed by atoms with E-state index in [1.165, 1.54) is 11.7 Å². The molecule has 11 nitrogen and oxygen atoms in total. The van der Waals surface area contributed by atoms with Gasteiger partial charge in [0.25, 0.3) is 6.43 Å². The molecule has 2 aromatic heterocycles. The Morgan fingerprint density at radius 1 is 1.11 bits per heavy atom. The zero-order chi connectivity index (χ0) is 25.2. The van der Waals surface area contributed by atoms with Gasteiger partial charge < -0.3 is 25.0 Å². The summed E-state index contributed by atoms with van der Waals surface area (Å²) in [6.45, 7) is 2.71. The highest BCUT2D eigenvalue weighted by atomic mass is 19.3. The van der Waals surface area contributed by atoms with E-state index in [1.807, 2.05) is 9.80 Å². The summed E-state index contributed by atoms with van der Waals surface area (Å²) in [5.74, 6) is 0.155. The number of imidazole rings is 1. The maximum absolute atomic E-state index is 14.2. The number of rotatable bonds is 7. The second-order valence-electron chi connectivity index (χ2n) is 8.78. The van der Waals surface area contributed by atoms with Crippen LogP contribution in [0.15, 0.2) is 18.2 Å². The minimum atomic E-state index is -2.88. The van der Waals surface area contributed by atoms with Crippen LogP contribution in [0.1, 0.15) is 37.9 Å². The summed E-state index contributed by atoms with van der Waals surface area (Å²) in [4.78, 5) is 33.8. The number of carbonyl (C=O) groups excluding carboxylic acids is 1. The van der Waals surface area contributed by atoms with Gasteiger partial charge in [0.15, 0.2) is 5.82 Å². The highest BCUT2D eigenvalue weighted by Crippen LogP contribution is 2.33. The number of methoxy groups -OCH3 is 1. The van der Waals surface area contributed by atoms with Crippen LogP contribution >= 0.6 is 0 Å². The summed E-state index contributed by atoms with van der Waals surface area (Å²) >= 11 is 0. The molecule has 2 N–H and O–H groups in total. The molecule has 0 saturated carbocycles. The molecular weight excluding hydrogens is 474 g/mol. The molecule has 3 aromatic rings. The van der Waals surface area contributed by atoms with Crippen molar-refractivity contribution in [3.63, 3.8) is 0 Å². The average molecular weight is 503 g/mol. The van der Waals surface area contributed by atoms with Gasteiger partial charge in [0.2, 0.25) is 23.8 Å². The van der Waals surface area contributed by atoms with Crippen LogP contribution in [-0.2, 0) is 9.53 Å². The molecule has 13 heteroatoms. The first kappa shape index (κ1) is 24.1. The Kier molecular flexibility index (Phi) is 6.81. The number of alkyl halides is 2. The number of ether oxygens (including phenoxy) is 2. The molecule has 1 amide bonds. The fraction of sp³-hybridized carbons (Fsp3) is 0.522. The molecular formula is C23H28F2N8O3. The number of carbonyl (C=O) groups is 1. The second-order valence-corrected chi connectivity index (χ2v) is 8.78. The number of nitrogens with zero attached hydrogens (tertiary/aromatic N) is 7. The second kappa shape index (κ2) is 10.2. The van der Waals surface area contributed by atoms with Crippen molar-refractivity contribution >= 4 is 28.8 Å². The average Bonchev–Trinajstić information content (AvgIpc) is 3.29. The number of piperidine rings is 1. The van der Waals surface area contributed by atoms with Crippen LogP contribution < -0.4 is 20.3 Å². The Hall–Kier alpha value is -3.61. The number of fused-ring (bicyclic) bond motifs is 1. The zero-order valence-electron chi connectivity index (χ0n) is 19.9. The van der Waals surface area contributed by atoms with E-state index in [1.54, 1.807) is 18.2 Å². The summed E-state index contributed by atoms with van der Waals surface area (Å²) in [5, 5.41) is 0. The predicted octanol–water partition coefficient (Wildman–Crippen LogP) is 2.23. The molecule has 1 atom stereocenters. The molecule has 0 spiro atoms. The van der Waals surface area contributed by atoms with Crippen LogP contribution in [0.4, 0.5) is 20.7 Å². The summed E-state index contributed by atoms with van der Waals surface area (Å²) in [6.07, 6.45) is -0.140. The van der Waals surface area contributed by atoms with Crippen molar-refractivity contribution in [1.82, 2.24) is 24.5 Å². The maximum Gasteiger partial charge on any atom is 0.296 e. The van der Waals surface area contributed by atoms with E-state index in [-0.39, 0.29) is 23.9 Å². The number of hydrogen-bond donors (Lipinski definition) is 1. The highest BCUT2D eigenvalue weighted by Gasteiger charge is 2.30. The third-order valence-corrected chi connectivity index (χ3v) is 6.50. The number of primary amides is 1. The van der Waals surface area contributed by atoms with Crippen molar-refractivity contribution in [2.45, 2.75) is 38.2 Å². The fourth-order valence-electron chi connectivity index (χ4n) is 4.80. The number of amides is 1. The van der Waals surface area contributed by atoms with E-state index in [4.69, 9.17) is 20.2 Å². The number of anilines is 2. The van der Waals surface area contributed by atoms with Gasteiger partial charge in [0.05, 0.1) is 25.8 Å². The van der Waals surface area contributed by atoms with Crippen molar-refractivity contribution in [2.24, 2.45) is 5.73 Å². The van der Waals surface area contributed by atoms with Crippen LogP contribution in [0.5, 0.6) is 5.75 Å². The summed E-state index contributed by atoms with van der Waals surface area (Å²) < 4.78 is 40.5. The Labute approximate surface area is 206 Å². The lowest BCUT2D eigenvalue weighted by Crippen LogP contribution is -2.44. The van der Waals surface area contributed by atoms with Crippen molar-refractivity contribution in [1.29, 1.82) is 0 Å². The quantitative estimate of drug-likeness (QED) is 0.518. The molecule has 2 fully saturated rings. The number of hydrogen-bond acceptors (Lipinski definition) is 9. The Bertz CT molecular complexity index is 1250. The van der Waals surface area contributed by atoms with E-state index >= 15 is 0 Å². The van der Waals surface area contributed by atoms with Crippen molar-refractivity contribution in [2.75, 3.05) is 49.8 Å². The maximum atomic E-state index is 14.2. The molecule has 192 valence electrons. The highest BCUT2D eigenvalue weighted by molar-refractivity contribution is 5.84. The van der Waals surface area contributed by atoms with Crippen molar-refractivity contribution in [3.05, 3.63) is 24.0 Å². The largest absolute Gasteiger partial charge is 0.494 e. The number of nitrogens with two attached hydrogens (primary N) is 1. The molecule has 2 aliphatic heterocycles. The lowest BCUT2D eigenvalue weighted by atomic mass is 9.99. The topological polar surface area (TPSA) is 125 Å². The molecule has 4 heterocycles. The SMILES string of the molecule is COc1cccc2c1nc(C(F)F)n2-c1nc(N2CCOCC2)nc(N2CCCCC2CC(N)=O)n1. The fourth-order valence-corrected chi connectivity index (χ4v) is 4.80. The molecule has 36 heavy (non-hydrogen) atoms. The van der Waals surface area contributed by atoms with E-state index < -0.39 is 18.2 Å². The molecule has 0 bridgehead atoms. The minimum Gasteiger partial charge on any atom is -0.494 e. The van der Waals surface area contributed by atoms with Gasteiger partial charge in [0, 0.05) is 32.1 Å². The predicted molar refractivity (Wildman–Crippen MR) is 128 cm³/mol. The smallest absolute Gasteiger partial charge is 0.296 e. The first-order valence-corrected chi connectivity index (χ1v) is 11.9. The van der Waals surface area contributed by atoms with Crippen molar-refractivity contribution in [3.8, 4) is 11.7 Å². The Balaban J connectivity index is 1.69. The normalized spacial score (nSPS) is 18.7. The molecule has 0 radical (unpaired) electrons. The van der Waals surface area contributed by atoms with Crippen LogP contribution in [0.25, 0.3) is 17.0 Å². The third-order valence-electron chi connectivity index (χ3n) is 6.50. The van der Waals surface area contributed by atoms with E-state index in [0.717, 1.165) is 19.3 Å².